The van der Waals surface area contributed by atoms with E-state index < -0.39 is 0 Å². The van der Waals surface area contributed by atoms with Gasteiger partial charge in [-0.05, 0) is 37.2 Å². The predicted molar refractivity (Wildman–Crippen MR) is 67.7 cm³/mol. The molecule has 1 aromatic carbocycles. The average molecular weight is 232 g/mol. The summed E-state index contributed by atoms with van der Waals surface area (Å²) in [6, 6.07) is 8.28. The van der Waals surface area contributed by atoms with E-state index in [0.29, 0.717) is 18.9 Å². The summed E-state index contributed by atoms with van der Waals surface area (Å²) in [4.78, 5) is 11.5. The van der Waals surface area contributed by atoms with Crippen LogP contribution >= 0.6 is 0 Å². The minimum atomic E-state index is -0.0643. The number of benzene rings is 1. The Hall–Kier alpha value is -1.31. The first-order chi connectivity index (χ1) is 8.15. The summed E-state index contributed by atoms with van der Waals surface area (Å²) in [5, 5.41) is 0. The molecule has 92 valence electrons. The molecule has 1 fully saturated rings. The molecule has 1 aliphatic rings. The SMILES string of the molecule is Cc1cccc(CCC(=O)OCC2CC2C)c1. The van der Waals surface area contributed by atoms with Gasteiger partial charge in [-0.25, -0.2) is 0 Å². The van der Waals surface area contributed by atoms with E-state index in [1.165, 1.54) is 17.5 Å². The van der Waals surface area contributed by atoms with Crippen molar-refractivity contribution >= 4 is 5.97 Å². The van der Waals surface area contributed by atoms with Gasteiger partial charge in [0.2, 0.25) is 0 Å². The zero-order valence-electron chi connectivity index (χ0n) is 10.6. The van der Waals surface area contributed by atoms with Crippen molar-refractivity contribution in [3.8, 4) is 0 Å². The molecule has 2 atom stereocenters. The maximum atomic E-state index is 11.5. The highest BCUT2D eigenvalue weighted by Gasteiger charge is 2.33. The van der Waals surface area contributed by atoms with Gasteiger partial charge in [0.15, 0.2) is 0 Å². The molecule has 1 saturated carbocycles. The van der Waals surface area contributed by atoms with E-state index in [1.54, 1.807) is 0 Å². The number of esters is 1. The number of rotatable bonds is 5. The van der Waals surface area contributed by atoms with Gasteiger partial charge in [-0.15, -0.1) is 0 Å². The lowest BCUT2D eigenvalue weighted by atomic mass is 10.1. The molecule has 0 aromatic heterocycles. The number of ether oxygens (including phenoxy) is 1. The minimum absolute atomic E-state index is 0.0643. The van der Waals surface area contributed by atoms with E-state index in [9.17, 15) is 4.79 Å². The molecule has 0 radical (unpaired) electrons. The molecule has 1 aromatic rings. The minimum Gasteiger partial charge on any atom is -0.465 e. The molecular weight excluding hydrogens is 212 g/mol. The van der Waals surface area contributed by atoms with Gasteiger partial charge in [-0.2, -0.15) is 0 Å². The van der Waals surface area contributed by atoms with Crippen molar-refractivity contribution in [2.24, 2.45) is 11.8 Å². The number of aryl methyl sites for hydroxylation is 2. The second kappa shape index (κ2) is 5.35. The molecule has 0 N–H and O–H groups in total. The average Bonchev–Trinajstić information content (AvgIpc) is 3.00. The Morgan fingerprint density at radius 1 is 1.47 bits per heavy atom. The fourth-order valence-corrected chi connectivity index (χ4v) is 2.02. The third-order valence-corrected chi connectivity index (χ3v) is 3.43. The van der Waals surface area contributed by atoms with Crippen molar-refractivity contribution < 1.29 is 9.53 Å². The fourth-order valence-electron chi connectivity index (χ4n) is 2.02. The summed E-state index contributed by atoms with van der Waals surface area (Å²) in [6.07, 6.45) is 2.48. The zero-order chi connectivity index (χ0) is 12.3. The Labute approximate surface area is 103 Å². The molecule has 0 aliphatic heterocycles. The predicted octanol–water partition coefficient (Wildman–Crippen LogP) is 3.13. The van der Waals surface area contributed by atoms with E-state index in [4.69, 9.17) is 4.74 Å². The van der Waals surface area contributed by atoms with Crippen molar-refractivity contribution in [1.82, 2.24) is 0 Å². The van der Waals surface area contributed by atoms with Gasteiger partial charge in [-0.3, -0.25) is 4.79 Å². The van der Waals surface area contributed by atoms with E-state index in [0.717, 1.165) is 12.3 Å². The number of carbonyl (C=O) groups is 1. The topological polar surface area (TPSA) is 26.3 Å². The molecule has 0 bridgehead atoms. The maximum absolute atomic E-state index is 11.5. The first-order valence-corrected chi connectivity index (χ1v) is 6.36. The van der Waals surface area contributed by atoms with E-state index in [2.05, 4.69) is 32.0 Å². The maximum Gasteiger partial charge on any atom is 0.306 e. The molecule has 0 saturated heterocycles. The number of carbonyl (C=O) groups excluding carboxylic acids is 1. The Bertz CT molecular complexity index is 398. The Morgan fingerprint density at radius 3 is 2.88 bits per heavy atom. The van der Waals surface area contributed by atoms with Crippen LogP contribution in [-0.2, 0) is 16.0 Å². The zero-order valence-corrected chi connectivity index (χ0v) is 10.6. The van der Waals surface area contributed by atoms with Gasteiger partial charge in [0.1, 0.15) is 0 Å². The molecule has 0 amide bonds. The van der Waals surface area contributed by atoms with Crippen LogP contribution in [0.5, 0.6) is 0 Å². The molecule has 0 spiro atoms. The van der Waals surface area contributed by atoms with Gasteiger partial charge in [0.05, 0.1) is 6.61 Å². The van der Waals surface area contributed by atoms with Crippen LogP contribution in [0.15, 0.2) is 24.3 Å². The van der Waals surface area contributed by atoms with Crippen LogP contribution < -0.4 is 0 Å². The normalized spacial score (nSPS) is 22.2. The largest absolute Gasteiger partial charge is 0.465 e. The second-order valence-corrected chi connectivity index (χ2v) is 5.15. The van der Waals surface area contributed by atoms with Crippen LogP contribution in [0.25, 0.3) is 0 Å². The number of hydrogen-bond acceptors (Lipinski definition) is 2. The summed E-state index contributed by atoms with van der Waals surface area (Å²) < 4.78 is 5.25. The lowest BCUT2D eigenvalue weighted by molar-refractivity contribution is -0.144. The van der Waals surface area contributed by atoms with Gasteiger partial charge in [-0.1, -0.05) is 36.8 Å². The van der Waals surface area contributed by atoms with Crippen LogP contribution in [0.3, 0.4) is 0 Å². The van der Waals surface area contributed by atoms with Crippen molar-refractivity contribution in [3.63, 3.8) is 0 Å². The summed E-state index contributed by atoms with van der Waals surface area (Å²) in [5.74, 6) is 1.31. The van der Waals surface area contributed by atoms with Crippen molar-refractivity contribution in [1.29, 1.82) is 0 Å². The summed E-state index contributed by atoms with van der Waals surface area (Å²) in [7, 11) is 0. The molecule has 17 heavy (non-hydrogen) atoms. The van der Waals surface area contributed by atoms with Crippen molar-refractivity contribution in [2.45, 2.75) is 33.1 Å². The molecule has 2 rings (SSSR count). The van der Waals surface area contributed by atoms with Gasteiger partial charge >= 0.3 is 5.97 Å². The molecular formula is C15H20O2. The summed E-state index contributed by atoms with van der Waals surface area (Å²) >= 11 is 0. The second-order valence-electron chi connectivity index (χ2n) is 5.15. The van der Waals surface area contributed by atoms with Crippen LogP contribution in [0.2, 0.25) is 0 Å². The Balaban J connectivity index is 1.68. The van der Waals surface area contributed by atoms with Gasteiger partial charge in [0, 0.05) is 6.42 Å². The van der Waals surface area contributed by atoms with E-state index in [1.807, 2.05) is 6.07 Å². The van der Waals surface area contributed by atoms with Crippen LogP contribution in [0.1, 0.15) is 30.9 Å². The quantitative estimate of drug-likeness (QED) is 0.729. The van der Waals surface area contributed by atoms with E-state index in [-0.39, 0.29) is 5.97 Å². The van der Waals surface area contributed by atoms with Gasteiger partial charge < -0.3 is 4.74 Å². The highest BCUT2D eigenvalue weighted by Crippen LogP contribution is 2.37. The van der Waals surface area contributed by atoms with Crippen molar-refractivity contribution in [2.75, 3.05) is 6.61 Å². The number of hydrogen-bond donors (Lipinski definition) is 0. The molecule has 1 aliphatic carbocycles. The molecule has 2 heteroatoms. The van der Waals surface area contributed by atoms with Crippen molar-refractivity contribution in [3.05, 3.63) is 35.4 Å². The lowest BCUT2D eigenvalue weighted by Gasteiger charge is -2.04. The van der Waals surface area contributed by atoms with Crippen LogP contribution in [0.4, 0.5) is 0 Å². The van der Waals surface area contributed by atoms with Crippen LogP contribution in [-0.4, -0.2) is 12.6 Å². The first-order valence-electron chi connectivity index (χ1n) is 6.36. The van der Waals surface area contributed by atoms with Crippen LogP contribution in [0, 0.1) is 18.8 Å². The standard InChI is InChI=1S/C15H20O2/c1-11-4-3-5-13(8-11)6-7-15(16)17-10-14-9-12(14)2/h3-5,8,12,14H,6-7,9-10H2,1-2H3. The molecule has 0 heterocycles. The third kappa shape index (κ3) is 3.88. The summed E-state index contributed by atoms with van der Waals surface area (Å²) in [6.45, 7) is 4.88. The first kappa shape index (κ1) is 12.2. The molecule has 2 unspecified atom stereocenters. The fraction of sp³-hybridized carbons (Fsp3) is 0.533. The monoisotopic (exact) mass is 232 g/mol. The Morgan fingerprint density at radius 2 is 2.24 bits per heavy atom. The molecule has 2 nitrogen and oxygen atoms in total. The lowest BCUT2D eigenvalue weighted by Crippen LogP contribution is -2.08. The Kier molecular flexibility index (Phi) is 3.82. The van der Waals surface area contributed by atoms with E-state index >= 15 is 0 Å². The highest BCUT2D eigenvalue weighted by atomic mass is 16.5. The summed E-state index contributed by atoms with van der Waals surface area (Å²) in [5.41, 5.74) is 2.45. The highest BCUT2D eigenvalue weighted by molar-refractivity contribution is 5.69. The van der Waals surface area contributed by atoms with Gasteiger partial charge in [0.25, 0.3) is 0 Å². The smallest absolute Gasteiger partial charge is 0.306 e. The third-order valence-electron chi connectivity index (χ3n) is 3.43.